The van der Waals surface area contributed by atoms with Gasteiger partial charge in [0.1, 0.15) is 5.75 Å². The second-order valence-electron chi connectivity index (χ2n) is 2.87. The first-order valence-corrected chi connectivity index (χ1v) is 4.41. The van der Waals surface area contributed by atoms with Gasteiger partial charge in [0.05, 0.1) is 12.6 Å². The van der Waals surface area contributed by atoms with Crippen LogP contribution in [0.1, 0.15) is 18.5 Å². The Balaban J connectivity index is 0.00000196. The van der Waals surface area contributed by atoms with Crippen molar-refractivity contribution in [2.24, 2.45) is 5.73 Å². The normalized spacial score (nSPS) is 12.1. The molecule has 2 N–H and O–H groups in total. The zero-order chi connectivity index (χ0) is 10.6. The molecule has 0 aliphatic rings. The van der Waals surface area contributed by atoms with Gasteiger partial charge in [-0.1, -0.05) is 12.1 Å². The Labute approximate surface area is 93.8 Å². The quantitative estimate of drug-likeness (QED) is 0.874. The van der Waals surface area contributed by atoms with Crippen LogP contribution in [0.5, 0.6) is 5.75 Å². The van der Waals surface area contributed by atoms with E-state index in [1.54, 1.807) is 24.3 Å². The van der Waals surface area contributed by atoms with E-state index in [1.807, 2.05) is 6.92 Å². The van der Waals surface area contributed by atoms with Gasteiger partial charge in [0.15, 0.2) is 0 Å². The van der Waals surface area contributed by atoms with Gasteiger partial charge in [0.2, 0.25) is 0 Å². The summed E-state index contributed by atoms with van der Waals surface area (Å²) in [5.74, 6) is 0.570. The molecule has 1 aromatic carbocycles. The zero-order valence-corrected chi connectivity index (χ0v) is 9.14. The highest BCUT2D eigenvalue weighted by atomic mass is 35.5. The molecule has 0 aliphatic heterocycles. The number of hydrogen-bond acceptors (Lipinski definition) is 2. The van der Waals surface area contributed by atoms with Crippen LogP contribution in [0.15, 0.2) is 24.3 Å². The first kappa shape index (κ1) is 14.1. The maximum Gasteiger partial charge on any atom is 0.257 e. The fraction of sp³-hybridized carbons (Fsp3) is 0.400. The van der Waals surface area contributed by atoms with Crippen LogP contribution in [0.4, 0.5) is 8.78 Å². The Morgan fingerprint density at radius 2 is 2.07 bits per heavy atom. The van der Waals surface area contributed by atoms with Gasteiger partial charge in [-0.25, -0.2) is 8.78 Å². The number of hydrogen-bond donors (Lipinski definition) is 1. The van der Waals surface area contributed by atoms with Crippen molar-refractivity contribution in [3.8, 4) is 5.75 Å². The van der Waals surface area contributed by atoms with Crippen molar-refractivity contribution in [2.45, 2.75) is 19.4 Å². The molecule has 0 fully saturated rings. The van der Waals surface area contributed by atoms with E-state index in [9.17, 15) is 8.78 Å². The summed E-state index contributed by atoms with van der Waals surface area (Å²) in [7, 11) is 0. The van der Waals surface area contributed by atoms with Gasteiger partial charge in [0.25, 0.3) is 6.43 Å². The van der Waals surface area contributed by atoms with Crippen molar-refractivity contribution in [1.82, 2.24) is 0 Å². The molecule has 0 bridgehead atoms. The predicted molar refractivity (Wildman–Crippen MR) is 57.8 cm³/mol. The van der Waals surface area contributed by atoms with Crippen LogP contribution < -0.4 is 10.5 Å². The van der Waals surface area contributed by atoms with Crippen molar-refractivity contribution >= 4 is 12.4 Å². The number of rotatable bonds is 4. The van der Waals surface area contributed by atoms with Gasteiger partial charge in [-0.2, -0.15) is 0 Å². The lowest BCUT2D eigenvalue weighted by Gasteiger charge is -2.12. The molecular formula is C10H14ClF2NO. The Morgan fingerprint density at radius 3 is 2.60 bits per heavy atom. The summed E-state index contributed by atoms with van der Waals surface area (Å²) >= 11 is 0. The molecule has 1 atom stereocenters. The van der Waals surface area contributed by atoms with Gasteiger partial charge in [0, 0.05) is 0 Å². The van der Waals surface area contributed by atoms with E-state index in [1.165, 1.54) is 0 Å². The Hall–Kier alpha value is -0.870. The SMILES string of the molecule is CCOc1cccc([C@@H](N)C(F)F)c1.Cl. The van der Waals surface area contributed by atoms with Gasteiger partial charge < -0.3 is 10.5 Å². The van der Waals surface area contributed by atoms with Gasteiger partial charge in [-0.3, -0.25) is 0 Å². The van der Waals surface area contributed by atoms with E-state index in [4.69, 9.17) is 10.5 Å². The van der Waals surface area contributed by atoms with E-state index < -0.39 is 12.5 Å². The standard InChI is InChI=1S/C10H13F2NO.ClH/c1-2-14-8-5-3-4-7(6-8)9(13)10(11)12;/h3-6,9-10H,2,13H2,1H3;1H/t9-;/m1./s1. The lowest BCUT2D eigenvalue weighted by molar-refractivity contribution is 0.116. The molecule has 86 valence electrons. The Kier molecular flexibility index (Phi) is 6.20. The van der Waals surface area contributed by atoms with Crippen LogP contribution in [-0.4, -0.2) is 13.0 Å². The third-order valence-corrected chi connectivity index (χ3v) is 1.83. The maximum atomic E-state index is 12.3. The molecule has 0 aromatic heterocycles. The summed E-state index contributed by atoms with van der Waals surface area (Å²) < 4.78 is 29.7. The molecule has 0 unspecified atom stereocenters. The Bertz CT molecular complexity index is 297. The van der Waals surface area contributed by atoms with E-state index >= 15 is 0 Å². The van der Waals surface area contributed by atoms with Crippen LogP contribution in [0.3, 0.4) is 0 Å². The zero-order valence-electron chi connectivity index (χ0n) is 8.32. The predicted octanol–water partition coefficient (Wildman–Crippen LogP) is 2.77. The van der Waals surface area contributed by atoms with Crippen molar-refractivity contribution < 1.29 is 13.5 Å². The van der Waals surface area contributed by atoms with Crippen LogP contribution in [0.2, 0.25) is 0 Å². The molecule has 5 heteroatoms. The van der Waals surface area contributed by atoms with Crippen LogP contribution in [-0.2, 0) is 0 Å². The molecule has 0 amide bonds. The number of nitrogens with two attached hydrogens (primary N) is 1. The minimum absolute atomic E-state index is 0. The lowest BCUT2D eigenvalue weighted by Crippen LogP contribution is -2.18. The fourth-order valence-corrected chi connectivity index (χ4v) is 1.12. The topological polar surface area (TPSA) is 35.2 Å². The number of alkyl halides is 2. The van der Waals surface area contributed by atoms with Crippen LogP contribution >= 0.6 is 12.4 Å². The minimum atomic E-state index is -2.55. The van der Waals surface area contributed by atoms with Crippen LogP contribution in [0, 0.1) is 0 Å². The third kappa shape index (κ3) is 4.01. The minimum Gasteiger partial charge on any atom is -0.494 e. The first-order chi connectivity index (χ1) is 6.65. The summed E-state index contributed by atoms with van der Waals surface area (Å²) in [6.07, 6.45) is -2.55. The smallest absolute Gasteiger partial charge is 0.257 e. The second kappa shape index (κ2) is 6.58. The Morgan fingerprint density at radius 1 is 1.40 bits per heavy atom. The fourth-order valence-electron chi connectivity index (χ4n) is 1.12. The van der Waals surface area contributed by atoms with E-state index in [-0.39, 0.29) is 12.4 Å². The monoisotopic (exact) mass is 237 g/mol. The summed E-state index contributed by atoms with van der Waals surface area (Å²) in [5, 5.41) is 0. The molecule has 1 aromatic rings. The van der Waals surface area contributed by atoms with Crippen molar-refractivity contribution in [3.63, 3.8) is 0 Å². The van der Waals surface area contributed by atoms with Gasteiger partial charge in [-0.05, 0) is 24.6 Å². The summed E-state index contributed by atoms with van der Waals surface area (Å²) in [4.78, 5) is 0. The highest BCUT2D eigenvalue weighted by molar-refractivity contribution is 5.85. The number of benzene rings is 1. The average molecular weight is 238 g/mol. The molecule has 0 heterocycles. The molecule has 0 spiro atoms. The number of ether oxygens (including phenoxy) is 1. The summed E-state index contributed by atoms with van der Waals surface area (Å²) in [6.45, 7) is 2.34. The maximum absolute atomic E-state index is 12.3. The first-order valence-electron chi connectivity index (χ1n) is 4.41. The van der Waals surface area contributed by atoms with E-state index in [0.29, 0.717) is 17.9 Å². The van der Waals surface area contributed by atoms with E-state index in [2.05, 4.69) is 0 Å². The van der Waals surface area contributed by atoms with E-state index in [0.717, 1.165) is 0 Å². The molecule has 15 heavy (non-hydrogen) atoms. The summed E-state index contributed by atoms with van der Waals surface area (Å²) in [5.41, 5.74) is 5.69. The molecule has 1 rings (SSSR count). The molecule has 0 radical (unpaired) electrons. The highest BCUT2D eigenvalue weighted by Gasteiger charge is 2.17. The van der Waals surface area contributed by atoms with Crippen molar-refractivity contribution in [3.05, 3.63) is 29.8 Å². The van der Waals surface area contributed by atoms with Crippen LogP contribution in [0.25, 0.3) is 0 Å². The lowest BCUT2D eigenvalue weighted by atomic mass is 10.1. The molecule has 0 aliphatic carbocycles. The molecule has 2 nitrogen and oxygen atoms in total. The van der Waals surface area contributed by atoms with Crippen molar-refractivity contribution in [1.29, 1.82) is 0 Å². The van der Waals surface area contributed by atoms with Crippen molar-refractivity contribution in [2.75, 3.05) is 6.61 Å². The van der Waals surface area contributed by atoms with Gasteiger partial charge in [-0.15, -0.1) is 12.4 Å². The average Bonchev–Trinajstić information content (AvgIpc) is 2.17. The highest BCUT2D eigenvalue weighted by Crippen LogP contribution is 2.21. The molecular weight excluding hydrogens is 224 g/mol. The molecule has 0 saturated carbocycles. The largest absolute Gasteiger partial charge is 0.494 e. The summed E-state index contributed by atoms with van der Waals surface area (Å²) in [6, 6.07) is 5.24. The van der Waals surface area contributed by atoms with Gasteiger partial charge >= 0.3 is 0 Å². The molecule has 0 saturated heterocycles. The third-order valence-electron chi connectivity index (χ3n) is 1.83. The second-order valence-corrected chi connectivity index (χ2v) is 2.87. The number of halogens is 3.